The van der Waals surface area contributed by atoms with E-state index in [4.69, 9.17) is 0 Å². The molecule has 0 aromatic heterocycles. The molecule has 0 saturated carbocycles. The lowest BCUT2D eigenvalue weighted by atomic mass is 10.2. The number of anilines is 1. The van der Waals surface area contributed by atoms with E-state index in [2.05, 4.69) is 21.2 Å². The molecule has 1 heterocycles. The lowest BCUT2D eigenvalue weighted by Crippen LogP contribution is -2.35. The molecule has 0 aliphatic carbocycles. The van der Waals surface area contributed by atoms with E-state index in [0.29, 0.717) is 23.2 Å². The average Bonchev–Trinajstić information content (AvgIpc) is 2.64. The van der Waals surface area contributed by atoms with Gasteiger partial charge in [-0.1, -0.05) is 18.6 Å². The summed E-state index contributed by atoms with van der Waals surface area (Å²) in [5, 5.41) is 2.59. The summed E-state index contributed by atoms with van der Waals surface area (Å²) in [6, 6.07) is 10.2. The maximum absolute atomic E-state index is 14.2. The molecule has 0 radical (unpaired) electrons. The Hall–Kier alpha value is -1.77. The molecule has 0 bridgehead atoms. The van der Waals surface area contributed by atoms with Crippen molar-refractivity contribution >= 4 is 37.5 Å². The van der Waals surface area contributed by atoms with E-state index in [0.717, 1.165) is 31.4 Å². The molecule has 3 rings (SSSR count). The van der Waals surface area contributed by atoms with Crippen molar-refractivity contribution < 1.29 is 17.6 Å². The minimum absolute atomic E-state index is 0.0712. The van der Waals surface area contributed by atoms with Crippen molar-refractivity contribution in [3.05, 3.63) is 58.3 Å². The molecule has 138 valence electrons. The van der Waals surface area contributed by atoms with E-state index in [9.17, 15) is 17.6 Å². The first-order chi connectivity index (χ1) is 12.4. The summed E-state index contributed by atoms with van der Waals surface area (Å²) in [4.78, 5) is 12.4. The van der Waals surface area contributed by atoms with Gasteiger partial charge in [-0.3, -0.25) is 4.79 Å². The highest BCUT2D eigenvalue weighted by Gasteiger charge is 2.27. The Morgan fingerprint density at radius 2 is 1.77 bits per heavy atom. The molecular weight excluding hydrogens is 423 g/mol. The molecule has 26 heavy (non-hydrogen) atoms. The van der Waals surface area contributed by atoms with Crippen LogP contribution in [0.4, 0.5) is 10.1 Å². The van der Waals surface area contributed by atoms with Crippen LogP contribution >= 0.6 is 15.9 Å². The van der Waals surface area contributed by atoms with E-state index >= 15 is 0 Å². The molecular formula is C18H18BrFN2O3S. The van der Waals surface area contributed by atoms with Gasteiger partial charge in [-0.25, -0.2) is 12.8 Å². The molecule has 0 atom stereocenters. The van der Waals surface area contributed by atoms with Gasteiger partial charge in [-0.05, 0) is 59.1 Å². The van der Waals surface area contributed by atoms with Crippen molar-refractivity contribution in [2.45, 2.75) is 24.2 Å². The third-order valence-electron chi connectivity index (χ3n) is 4.26. The number of para-hydroxylation sites is 1. The van der Waals surface area contributed by atoms with Crippen molar-refractivity contribution in [1.82, 2.24) is 4.31 Å². The molecule has 5 nitrogen and oxygen atoms in total. The topological polar surface area (TPSA) is 66.5 Å². The summed E-state index contributed by atoms with van der Waals surface area (Å²) in [6.45, 7) is 0.885. The van der Waals surface area contributed by atoms with Crippen molar-refractivity contribution in [2.24, 2.45) is 0 Å². The van der Waals surface area contributed by atoms with Crippen molar-refractivity contribution in [2.75, 3.05) is 18.4 Å². The Kier molecular flexibility index (Phi) is 5.74. The van der Waals surface area contributed by atoms with Gasteiger partial charge in [0.15, 0.2) is 0 Å². The lowest BCUT2D eigenvalue weighted by Gasteiger charge is -2.26. The molecule has 1 aliphatic heterocycles. The number of carbonyl (C=O) groups excluding carboxylic acids is 1. The highest BCUT2D eigenvalue weighted by molar-refractivity contribution is 9.10. The van der Waals surface area contributed by atoms with Gasteiger partial charge in [-0.15, -0.1) is 0 Å². The maximum Gasteiger partial charge on any atom is 0.258 e. The van der Waals surface area contributed by atoms with E-state index in [1.807, 2.05) is 0 Å². The predicted molar refractivity (Wildman–Crippen MR) is 101 cm³/mol. The predicted octanol–water partition coefficient (Wildman–Crippen LogP) is 4.02. The maximum atomic E-state index is 14.2. The van der Waals surface area contributed by atoms with Crippen LogP contribution in [0, 0.1) is 5.82 Å². The van der Waals surface area contributed by atoms with Gasteiger partial charge >= 0.3 is 0 Å². The first-order valence-electron chi connectivity index (χ1n) is 8.25. The molecule has 0 spiro atoms. The number of hydrogen-bond acceptors (Lipinski definition) is 3. The van der Waals surface area contributed by atoms with Gasteiger partial charge in [0.25, 0.3) is 5.91 Å². The fraction of sp³-hybridized carbons (Fsp3) is 0.278. The summed E-state index contributed by atoms with van der Waals surface area (Å²) in [5.74, 6) is -1.47. The molecule has 1 amide bonds. The monoisotopic (exact) mass is 440 g/mol. The quantitative estimate of drug-likeness (QED) is 0.780. The SMILES string of the molecule is O=C(Nc1ccccc1Br)c1cc(S(=O)(=O)N2CCCCC2)ccc1F. The van der Waals surface area contributed by atoms with Gasteiger partial charge < -0.3 is 5.32 Å². The van der Waals surface area contributed by atoms with Crippen LogP contribution in [-0.2, 0) is 10.0 Å². The summed E-state index contributed by atoms with van der Waals surface area (Å²) < 4.78 is 41.7. The number of sulfonamides is 1. The fourth-order valence-corrected chi connectivity index (χ4v) is 4.77. The molecule has 2 aromatic carbocycles. The van der Waals surface area contributed by atoms with Gasteiger partial charge in [0, 0.05) is 17.6 Å². The van der Waals surface area contributed by atoms with Crippen LogP contribution in [0.1, 0.15) is 29.6 Å². The minimum Gasteiger partial charge on any atom is -0.321 e. The summed E-state index contributed by atoms with van der Waals surface area (Å²) in [7, 11) is -3.74. The van der Waals surface area contributed by atoms with E-state index < -0.39 is 21.7 Å². The van der Waals surface area contributed by atoms with E-state index in [1.54, 1.807) is 24.3 Å². The second kappa shape index (κ2) is 7.85. The van der Waals surface area contributed by atoms with E-state index in [1.165, 1.54) is 10.4 Å². The smallest absolute Gasteiger partial charge is 0.258 e. The minimum atomic E-state index is -3.74. The normalized spacial score (nSPS) is 15.6. The first kappa shape index (κ1) is 19.0. The molecule has 0 unspecified atom stereocenters. The van der Waals surface area contributed by atoms with Crippen LogP contribution in [0.3, 0.4) is 0 Å². The van der Waals surface area contributed by atoms with Crippen LogP contribution in [0.5, 0.6) is 0 Å². The highest BCUT2D eigenvalue weighted by atomic mass is 79.9. The van der Waals surface area contributed by atoms with Crippen molar-refractivity contribution in [1.29, 1.82) is 0 Å². The van der Waals surface area contributed by atoms with Crippen LogP contribution in [0.15, 0.2) is 51.8 Å². The Bertz CT molecular complexity index is 928. The van der Waals surface area contributed by atoms with Gasteiger partial charge in [0.05, 0.1) is 16.1 Å². The Labute approximate surface area is 160 Å². The number of rotatable bonds is 4. The second-order valence-corrected chi connectivity index (χ2v) is 8.83. The molecule has 8 heteroatoms. The zero-order valence-corrected chi connectivity index (χ0v) is 16.3. The van der Waals surface area contributed by atoms with Crippen LogP contribution in [-0.4, -0.2) is 31.7 Å². The molecule has 1 N–H and O–H groups in total. The van der Waals surface area contributed by atoms with Crippen LogP contribution in [0.25, 0.3) is 0 Å². The number of halogens is 2. The van der Waals surface area contributed by atoms with Crippen molar-refractivity contribution in [3.8, 4) is 0 Å². The fourth-order valence-electron chi connectivity index (χ4n) is 2.85. The molecule has 1 fully saturated rings. The Morgan fingerprint density at radius 3 is 2.46 bits per heavy atom. The molecule has 2 aromatic rings. The van der Waals surface area contributed by atoms with Gasteiger partial charge in [0.1, 0.15) is 5.82 Å². The van der Waals surface area contributed by atoms with E-state index in [-0.39, 0.29) is 10.5 Å². The number of nitrogens with one attached hydrogen (secondary N) is 1. The van der Waals surface area contributed by atoms with Crippen LogP contribution < -0.4 is 5.32 Å². The molecule has 1 aliphatic rings. The Morgan fingerprint density at radius 1 is 1.08 bits per heavy atom. The third-order valence-corrected chi connectivity index (χ3v) is 6.84. The number of benzene rings is 2. The second-order valence-electron chi connectivity index (χ2n) is 6.04. The van der Waals surface area contributed by atoms with Gasteiger partial charge in [-0.2, -0.15) is 4.31 Å². The number of hydrogen-bond donors (Lipinski definition) is 1. The van der Waals surface area contributed by atoms with Gasteiger partial charge in [0.2, 0.25) is 10.0 Å². The zero-order valence-electron chi connectivity index (χ0n) is 13.9. The largest absolute Gasteiger partial charge is 0.321 e. The number of amides is 1. The standard InChI is InChI=1S/C18H18BrFN2O3S/c19-15-6-2-3-7-17(15)21-18(23)14-12-13(8-9-16(14)20)26(24,25)22-10-4-1-5-11-22/h2-3,6-9,12H,1,4-5,10-11H2,(H,21,23). The number of piperidine rings is 1. The summed E-state index contributed by atoms with van der Waals surface area (Å²) in [6.07, 6.45) is 2.60. The molecule has 1 saturated heterocycles. The zero-order chi connectivity index (χ0) is 18.7. The van der Waals surface area contributed by atoms with Crippen molar-refractivity contribution in [3.63, 3.8) is 0 Å². The first-order valence-corrected chi connectivity index (χ1v) is 10.5. The summed E-state index contributed by atoms with van der Waals surface area (Å²) in [5.41, 5.74) is 0.167. The number of nitrogens with zero attached hydrogens (tertiary/aromatic N) is 1. The average molecular weight is 441 g/mol. The number of carbonyl (C=O) groups is 1. The third kappa shape index (κ3) is 3.97. The van der Waals surface area contributed by atoms with Crippen LogP contribution in [0.2, 0.25) is 0 Å². The lowest BCUT2D eigenvalue weighted by molar-refractivity contribution is 0.102. The summed E-state index contributed by atoms with van der Waals surface area (Å²) >= 11 is 3.30. The highest BCUT2D eigenvalue weighted by Crippen LogP contribution is 2.25. The Balaban J connectivity index is 1.90.